The fraction of sp³-hybridized carbons (Fsp3) is 0.400. The van der Waals surface area contributed by atoms with Crippen molar-refractivity contribution >= 4 is 29.2 Å². The van der Waals surface area contributed by atoms with Crippen LogP contribution in [-0.2, 0) is 9.53 Å². The van der Waals surface area contributed by atoms with Crippen LogP contribution in [0.4, 0.5) is 0 Å². The van der Waals surface area contributed by atoms with Crippen molar-refractivity contribution < 1.29 is 19.4 Å². The number of hydrogen-bond donors (Lipinski definition) is 1. The van der Waals surface area contributed by atoms with E-state index >= 15 is 0 Å². The van der Waals surface area contributed by atoms with Gasteiger partial charge in [0.1, 0.15) is 5.75 Å². The van der Waals surface area contributed by atoms with Crippen molar-refractivity contribution in [3.8, 4) is 5.75 Å². The number of carboxylic acid groups (broad SMARTS) is 1. The number of halogens is 2. The predicted molar refractivity (Wildman–Crippen MR) is 124 cm³/mol. The minimum absolute atomic E-state index is 0.0119. The summed E-state index contributed by atoms with van der Waals surface area (Å²) in [5, 5.41) is 10.5. The van der Waals surface area contributed by atoms with Crippen molar-refractivity contribution in [3.05, 3.63) is 74.8 Å². The van der Waals surface area contributed by atoms with Gasteiger partial charge in [0.25, 0.3) is 0 Å². The smallest absolute Gasteiger partial charge is 0.341 e. The summed E-state index contributed by atoms with van der Waals surface area (Å²) in [7, 11) is 0. The highest BCUT2D eigenvalue weighted by atomic mass is 35.5. The molecule has 0 unspecified atom stereocenters. The number of benzene rings is 2. The van der Waals surface area contributed by atoms with Gasteiger partial charge in [0.2, 0.25) is 0 Å². The van der Waals surface area contributed by atoms with Crippen LogP contribution in [0.25, 0.3) is 0 Å². The molecule has 1 aliphatic rings. The third kappa shape index (κ3) is 4.92. The normalized spacial score (nSPS) is 23.4. The number of hydrogen-bond acceptors (Lipinski definition) is 3. The average Bonchev–Trinajstić information content (AvgIpc) is 2.71. The Kier molecular flexibility index (Phi) is 7.35. The van der Waals surface area contributed by atoms with E-state index in [4.69, 9.17) is 37.8 Å². The second kappa shape index (κ2) is 9.64. The molecule has 0 spiro atoms. The molecule has 6 heteroatoms. The first-order valence-electron chi connectivity index (χ1n) is 10.3. The summed E-state index contributed by atoms with van der Waals surface area (Å²) < 4.78 is 12.3. The van der Waals surface area contributed by atoms with E-state index in [0.717, 1.165) is 39.3 Å². The SMILES string of the molecule is C=C(C)[C@H]1C[C@H](c2ccccc2Cl)[C@H](C)O[C@@H]1c1c(OCC(=O)O)cc(C)c(Cl)c1C. The van der Waals surface area contributed by atoms with Gasteiger partial charge in [0.15, 0.2) is 6.61 Å². The summed E-state index contributed by atoms with van der Waals surface area (Å²) in [6, 6.07) is 9.63. The molecule has 1 saturated heterocycles. The van der Waals surface area contributed by atoms with Gasteiger partial charge in [-0.25, -0.2) is 4.79 Å². The number of carboxylic acids is 1. The zero-order valence-corrected chi connectivity index (χ0v) is 19.8. The molecule has 166 valence electrons. The van der Waals surface area contributed by atoms with Gasteiger partial charge < -0.3 is 14.6 Å². The van der Waals surface area contributed by atoms with E-state index in [9.17, 15) is 4.79 Å². The van der Waals surface area contributed by atoms with Gasteiger partial charge in [-0.2, -0.15) is 0 Å². The second-order valence-electron chi connectivity index (χ2n) is 8.31. The number of aryl methyl sites for hydroxylation is 1. The highest BCUT2D eigenvalue weighted by Crippen LogP contribution is 2.50. The van der Waals surface area contributed by atoms with Crippen LogP contribution >= 0.6 is 23.2 Å². The standard InChI is InChI=1S/C25H28Cl2O4/c1-13(2)18-11-19(17-8-6-7-9-20(17)26)16(5)31-25(18)23-15(4)24(27)14(3)10-21(23)30-12-22(28)29/h6-10,16,18-19,25H,1,11-12H2,2-5H3,(H,28,29)/t16-,18+,19-,25-/m0/s1. The van der Waals surface area contributed by atoms with Crippen LogP contribution in [0, 0.1) is 19.8 Å². The maximum atomic E-state index is 11.1. The van der Waals surface area contributed by atoms with Crippen molar-refractivity contribution in [2.24, 2.45) is 5.92 Å². The molecular weight excluding hydrogens is 435 g/mol. The molecule has 1 aliphatic heterocycles. The molecule has 0 aromatic heterocycles. The zero-order valence-electron chi connectivity index (χ0n) is 18.2. The van der Waals surface area contributed by atoms with E-state index < -0.39 is 12.6 Å². The summed E-state index contributed by atoms with van der Waals surface area (Å²) in [5.74, 6) is -0.454. The average molecular weight is 463 g/mol. The topological polar surface area (TPSA) is 55.8 Å². The van der Waals surface area contributed by atoms with Crippen molar-refractivity contribution in [1.82, 2.24) is 0 Å². The maximum Gasteiger partial charge on any atom is 0.341 e. The Hall–Kier alpha value is -2.01. The maximum absolute atomic E-state index is 11.1. The van der Waals surface area contributed by atoms with Crippen molar-refractivity contribution in [2.75, 3.05) is 6.61 Å². The fourth-order valence-corrected chi connectivity index (χ4v) is 4.88. The van der Waals surface area contributed by atoms with Gasteiger partial charge in [-0.3, -0.25) is 0 Å². The van der Waals surface area contributed by atoms with Crippen LogP contribution in [0.15, 0.2) is 42.5 Å². The van der Waals surface area contributed by atoms with Gasteiger partial charge in [-0.05, 0) is 62.9 Å². The first-order valence-corrected chi connectivity index (χ1v) is 11.1. The van der Waals surface area contributed by atoms with Crippen molar-refractivity contribution in [3.63, 3.8) is 0 Å². The predicted octanol–water partition coefficient (Wildman–Crippen LogP) is 6.90. The lowest BCUT2D eigenvalue weighted by molar-refractivity contribution is -0.139. The molecule has 2 aromatic rings. The molecule has 31 heavy (non-hydrogen) atoms. The molecule has 1 heterocycles. The summed E-state index contributed by atoms with van der Waals surface area (Å²) >= 11 is 13.1. The number of aliphatic carboxylic acids is 1. The van der Waals surface area contributed by atoms with E-state index in [2.05, 4.69) is 6.58 Å². The van der Waals surface area contributed by atoms with E-state index in [0.29, 0.717) is 10.8 Å². The fourth-order valence-electron chi connectivity index (χ4n) is 4.44. The zero-order chi connectivity index (χ0) is 22.9. The molecule has 0 amide bonds. The van der Waals surface area contributed by atoms with Crippen LogP contribution in [0.5, 0.6) is 5.75 Å². The van der Waals surface area contributed by atoms with Gasteiger partial charge >= 0.3 is 5.97 Å². The largest absolute Gasteiger partial charge is 0.482 e. The quantitative estimate of drug-likeness (QED) is 0.474. The summed E-state index contributed by atoms with van der Waals surface area (Å²) in [6.07, 6.45) is 0.328. The molecule has 1 fully saturated rings. The summed E-state index contributed by atoms with van der Waals surface area (Å²) in [6.45, 7) is 11.6. The van der Waals surface area contributed by atoms with Gasteiger partial charge in [0.05, 0.1) is 12.2 Å². The Balaban J connectivity index is 2.06. The molecule has 0 radical (unpaired) electrons. The minimum atomic E-state index is -1.04. The molecule has 0 saturated carbocycles. The second-order valence-corrected chi connectivity index (χ2v) is 9.09. The highest BCUT2D eigenvalue weighted by molar-refractivity contribution is 6.32. The summed E-state index contributed by atoms with van der Waals surface area (Å²) in [4.78, 5) is 11.1. The van der Waals surface area contributed by atoms with Crippen LogP contribution in [0.1, 0.15) is 54.5 Å². The number of rotatable bonds is 6. The Morgan fingerprint density at radius 1 is 1.29 bits per heavy atom. The van der Waals surface area contributed by atoms with Crippen molar-refractivity contribution in [2.45, 2.75) is 52.2 Å². The Bertz CT molecular complexity index is 1000. The Morgan fingerprint density at radius 2 is 1.97 bits per heavy atom. The van der Waals surface area contributed by atoms with E-state index in [1.807, 2.05) is 52.0 Å². The minimum Gasteiger partial charge on any atom is -0.482 e. The molecule has 2 aromatic carbocycles. The van der Waals surface area contributed by atoms with Crippen LogP contribution < -0.4 is 4.74 Å². The first kappa shape index (κ1) is 23.6. The lowest BCUT2D eigenvalue weighted by Gasteiger charge is -2.42. The van der Waals surface area contributed by atoms with Gasteiger partial charge in [-0.1, -0.05) is 53.6 Å². The third-order valence-electron chi connectivity index (χ3n) is 6.07. The summed E-state index contributed by atoms with van der Waals surface area (Å²) in [5.41, 5.74) is 4.49. The molecule has 4 nitrogen and oxygen atoms in total. The lowest BCUT2D eigenvalue weighted by atomic mass is 9.75. The first-order chi connectivity index (χ1) is 14.6. The molecule has 4 atom stereocenters. The Morgan fingerprint density at radius 3 is 2.58 bits per heavy atom. The van der Waals surface area contributed by atoms with Crippen LogP contribution in [0.3, 0.4) is 0 Å². The molecule has 3 rings (SSSR count). The monoisotopic (exact) mass is 462 g/mol. The van der Waals surface area contributed by atoms with E-state index in [1.165, 1.54) is 0 Å². The number of carbonyl (C=O) groups is 1. The lowest BCUT2D eigenvalue weighted by Crippen LogP contribution is -2.35. The van der Waals surface area contributed by atoms with Crippen LogP contribution in [0.2, 0.25) is 10.0 Å². The molecule has 0 aliphatic carbocycles. The molecule has 1 N–H and O–H groups in total. The third-order valence-corrected chi connectivity index (χ3v) is 6.99. The van der Waals surface area contributed by atoms with E-state index in [1.54, 1.807) is 6.07 Å². The van der Waals surface area contributed by atoms with Gasteiger partial charge in [-0.15, -0.1) is 0 Å². The number of ether oxygens (including phenoxy) is 2. The Labute approximate surface area is 193 Å². The van der Waals surface area contributed by atoms with Crippen LogP contribution in [-0.4, -0.2) is 23.8 Å². The highest BCUT2D eigenvalue weighted by Gasteiger charge is 2.40. The van der Waals surface area contributed by atoms with Gasteiger partial charge in [0, 0.05) is 27.4 Å². The van der Waals surface area contributed by atoms with E-state index in [-0.39, 0.29) is 24.0 Å². The van der Waals surface area contributed by atoms with Crippen molar-refractivity contribution in [1.29, 1.82) is 0 Å². The molecular formula is C25H28Cl2O4. The molecule has 0 bridgehead atoms.